The molecule has 5 nitrogen and oxygen atoms in total. The highest BCUT2D eigenvalue weighted by molar-refractivity contribution is 5.61. The van der Waals surface area contributed by atoms with Gasteiger partial charge in [-0.05, 0) is 32.0 Å². The summed E-state index contributed by atoms with van der Waals surface area (Å²) in [6, 6.07) is 6.93. The van der Waals surface area contributed by atoms with Gasteiger partial charge < -0.3 is 15.6 Å². The molecule has 18 heavy (non-hydrogen) atoms. The zero-order valence-electron chi connectivity index (χ0n) is 10.6. The third kappa shape index (κ3) is 2.40. The Hall–Kier alpha value is -2.17. The van der Waals surface area contributed by atoms with E-state index in [1.807, 2.05) is 24.6 Å². The van der Waals surface area contributed by atoms with Gasteiger partial charge in [0.1, 0.15) is 23.8 Å². The smallest absolute Gasteiger partial charge is 0.146 e. The third-order valence-corrected chi connectivity index (χ3v) is 2.70. The summed E-state index contributed by atoms with van der Waals surface area (Å²) in [6.07, 6.45) is 0. The van der Waals surface area contributed by atoms with E-state index in [1.54, 1.807) is 12.1 Å². The van der Waals surface area contributed by atoms with Crippen LogP contribution in [0.15, 0.2) is 24.3 Å². The average molecular weight is 247 g/mol. The normalized spacial score (nSPS) is 10.6. The molecule has 0 aliphatic rings. The Morgan fingerprint density at radius 2 is 2.22 bits per heavy atom. The molecule has 0 aliphatic heterocycles. The molecule has 2 rings (SSSR count). The summed E-state index contributed by atoms with van der Waals surface area (Å²) in [4.78, 5) is 0. The van der Waals surface area contributed by atoms with Crippen LogP contribution < -0.4 is 10.5 Å². The number of para-hydroxylation sites is 1. The van der Waals surface area contributed by atoms with Gasteiger partial charge in [0.2, 0.25) is 0 Å². The first kappa shape index (κ1) is 12.3. The predicted octanol–water partition coefficient (Wildman–Crippen LogP) is 2.08. The van der Waals surface area contributed by atoms with Gasteiger partial charge in [0, 0.05) is 6.54 Å². The van der Waals surface area contributed by atoms with Gasteiger partial charge in [-0.15, -0.1) is 0 Å². The van der Waals surface area contributed by atoms with E-state index in [4.69, 9.17) is 10.5 Å². The lowest BCUT2D eigenvalue weighted by Gasteiger charge is -2.10. The van der Waals surface area contributed by atoms with E-state index >= 15 is 0 Å². The van der Waals surface area contributed by atoms with Gasteiger partial charge in [-0.2, -0.15) is 5.10 Å². The SMILES string of the molecule is CCn1nc(C)cc1COc1cccc(O)c1N. The van der Waals surface area contributed by atoms with Crippen LogP contribution in [0, 0.1) is 6.92 Å². The first-order chi connectivity index (χ1) is 8.61. The first-order valence-electron chi connectivity index (χ1n) is 5.85. The summed E-state index contributed by atoms with van der Waals surface area (Å²) in [7, 11) is 0. The zero-order chi connectivity index (χ0) is 13.1. The number of hydrogen-bond donors (Lipinski definition) is 2. The maximum absolute atomic E-state index is 9.48. The number of aromatic hydroxyl groups is 1. The van der Waals surface area contributed by atoms with Crippen molar-refractivity contribution in [3.8, 4) is 11.5 Å². The molecule has 1 heterocycles. The topological polar surface area (TPSA) is 73.3 Å². The number of anilines is 1. The van der Waals surface area contributed by atoms with Crippen LogP contribution in [0.5, 0.6) is 11.5 Å². The molecular formula is C13H17N3O2. The number of rotatable bonds is 4. The summed E-state index contributed by atoms with van der Waals surface area (Å²) in [5.41, 5.74) is 7.93. The lowest BCUT2D eigenvalue weighted by molar-refractivity contribution is 0.293. The highest BCUT2D eigenvalue weighted by atomic mass is 16.5. The van der Waals surface area contributed by atoms with Gasteiger partial charge in [-0.1, -0.05) is 6.07 Å². The Morgan fingerprint density at radius 3 is 2.94 bits per heavy atom. The number of benzene rings is 1. The minimum atomic E-state index is 0.0349. The van der Waals surface area contributed by atoms with Crippen LogP contribution in [0.1, 0.15) is 18.3 Å². The molecule has 5 heteroatoms. The summed E-state index contributed by atoms with van der Waals surface area (Å²) < 4.78 is 7.50. The number of nitrogen functional groups attached to an aromatic ring is 1. The molecule has 96 valence electrons. The lowest BCUT2D eigenvalue weighted by Crippen LogP contribution is -2.06. The summed E-state index contributed by atoms with van der Waals surface area (Å²) in [6.45, 7) is 5.14. The fourth-order valence-corrected chi connectivity index (χ4v) is 1.80. The van der Waals surface area contributed by atoms with Crippen molar-refractivity contribution < 1.29 is 9.84 Å². The van der Waals surface area contributed by atoms with Gasteiger partial charge in [-0.25, -0.2) is 0 Å². The van der Waals surface area contributed by atoms with Crippen LogP contribution >= 0.6 is 0 Å². The van der Waals surface area contributed by atoms with Gasteiger partial charge in [-0.3, -0.25) is 4.68 Å². The minimum absolute atomic E-state index is 0.0349. The standard InChI is InChI=1S/C13H17N3O2/c1-3-16-10(7-9(2)15-16)8-18-12-6-4-5-11(17)13(12)14/h4-7,17H,3,8,14H2,1-2H3. The molecule has 1 aromatic carbocycles. The molecule has 0 saturated heterocycles. The van der Waals surface area contributed by atoms with Crippen LogP contribution in [0.2, 0.25) is 0 Å². The Bertz CT molecular complexity index is 549. The van der Waals surface area contributed by atoms with Crippen molar-refractivity contribution in [2.45, 2.75) is 27.0 Å². The molecule has 0 saturated carbocycles. The number of ether oxygens (including phenoxy) is 1. The maximum atomic E-state index is 9.48. The van der Waals surface area contributed by atoms with Gasteiger partial charge >= 0.3 is 0 Å². The molecule has 1 aromatic heterocycles. The average Bonchev–Trinajstić information content (AvgIpc) is 2.71. The second-order valence-electron chi connectivity index (χ2n) is 4.07. The van der Waals surface area contributed by atoms with Crippen molar-refractivity contribution in [2.75, 3.05) is 5.73 Å². The fraction of sp³-hybridized carbons (Fsp3) is 0.308. The molecule has 0 atom stereocenters. The minimum Gasteiger partial charge on any atom is -0.506 e. The Balaban J connectivity index is 2.13. The van der Waals surface area contributed by atoms with Crippen LogP contribution in [0.4, 0.5) is 5.69 Å². The number of nitrogens with two attached hydrogens (primary N) is 1. The van der Waals surface area contributed by atoms with E-state index in [0.29, 0.717) is 12.4 Å². The van der Waals surface area contributed by atoms with E-state index in [-0.39, 0.29) is 11.4 Å². The van der Waals surface area contributed by atoms with Crippen molar-refractivity contribution in [1.82, 2.24) is 9.78 Å². The van der Waals surface area contributed by atoms with Crippen LogP contribution in [-0.4, -0.2) is 14.9 Å². The third-order valence-electron chi connectivity index (χ3n) is 2.70. The molecule has 0 aliphatic carbocycles. The molecule has 0 spiro atoms. The molecule has 0 fully saturated rings. The number of aromatic nitrogens is 2. The number of phenolic OH excluding ortho intramolecular Hbond substituents is 1. The highest BCUT2D eigenvalue weighted by Gasteiger charge is 2.08. The fourth-order valence-electron chi connectivity index (χ4n) is 1.80. The van der Waals surface area contributed by atoms with Gasteiger partial charge in [0.15, 0.2) is 0 Å². The molecule has 3 N–H and O–H groups in total. The van der Waals surface area contributed by atoms with Gasteiger partial charge in [0.25, 0.3) is 0 Å². The molecule has 0 bridgehead atoms. The Labute approximate surface area is 106 Å². The van der Waals surface area contributed by atoms with Crippen LogP contribution in [0.25, 0.3) is 0 Å². The van der Waals surface area contributed by atoms with Crippen molar-refractivity contribution >= 4 is 5.69 Å². The molecule has 0 amide bonds. The second-order valence-corrected chi connectivity index (χ2v) is 4.07. The molecule has 0 unspecified atom stereocenters. The quantitative estimate of drug-likeness (QED) is 0.641. The van der Waals surface area contributed by atoms with E-state index in [9.17, 15) is 5.11 Å². The Morgan fingerprint density at radius 1 is 1.44 bits per heavy atom. The van der Waals surface area contributed by atoms with Crippen molar-refractivity contribution in [2.24, 2.45) is 0 Å². The zero-order valence-corrected chi connectivity index (χ0v) is 10.6. The summed E-state index contributed by atoms with van der Waals surface area (Å²) in [5.74, 6) is 0.518. The predicted molar refractivity (Wildman–Crippen MR) is 69.5 cm³/mol. The Kier molecular flexibility index (Phi) is 3.41. The summed E-state index contributed by atoms with van der Waals surface area (Å²) >= 11 is 0. The number of hydrogen-bond acceptors (Lipinski definition) is 4. The van der Waals surface area contributed by atoms with E-state index in [2.05, 4.69) is 5.10 Å². The van der Waals surface area contributed by atoms with E-state index < -0.39 is 0 Å². The molecule has 2 aromatic rings. The largest absolute Gasteiger partial charge is 0.506 e. The maximum Gasteiger partial charge on any atom is 0.146 e. The summed E-state index contributed by atoms with van der Waals surface area (Å²) in [5, 5.41) is 13.8. The monoisotopic (exact) mass is 247 g/mol. The van der Waals surface area contributed by atoms with Gasteiger partial charge in [0.05, 0.1) is 11.4 Å². The van der Waals surface area contributed by atoms with Crippen molar-refractivity contribution in [3.63, 3.8) is 0 Å². The van der Waals surface area contributed by atoms with Crippen LogP contribution in [-0.2, 0) is 13.2 Å². The number of phenols is 1. The van der Waals surface area contributed by atoms with Crippen LogP contribution in [0.3, 0.4) is 0 Å². The lowest BCUT2D eigenvalue weighted by atomic mass is 10.3. The molecule has 0 radical (unpaired) electrons. The van der Waals surface area contributed by atoms with Crippen molar-refractivity contribution in [3.05, 3.63) is 35.7 Å². The van der Waals surface area contributed by atoms with Crippen molar-refractivity contribution in [1.29, 1.82) is 0 Å². The number of aryl methyl sites for hydroxylation is 2. The van der Waals surface area contributed by atoms with E-state index in [1.165, 1.54) is 6.07 Å². The molecular weight excluding hydrogens is 230 g/mol. The highest BCUT2D eigenvalue weighted by Crippen LogP contribution is 2.30. The first-order valence-corrected chi connectivity index (χ1v) is 5.85. The number of nitrogens with zero attached hydrogens (tertiary/aromatic N) is 2. The van der Waals surface area contributed by atoms with E-state index in [0.717, 1.165) is 17.9 Å². The second kappa shape index (κ2) is 5.00.